The van der Waals surface area contributed by atoms with E-state index in [0.29, 0.717) is 19.0 Å². The number of hydrogen-bond donors (Lipinski definition) is 2. The van der Waals surface area contributed by atoms with Gasteiger partial charge >= 0.3 is 11.8 Å². The molecule has 1 atom stereocenters. The molecular formula is C19H30N2O2. The molecule has 0 unspecified atom stereocenters. The molecular weight excluding hydrogens is 288 g/mol. The predicted molar refractivity (Wildman–Crippen MR) is 94.0 cm³/mol. The summed E-state index contributed by atoms with van der Waals surface area (Å²) in [6.07, 6.45) is 5.42. The van der Waals surface area contributed by atoms with Crippen LogP contribution >= 0.6 is 0 Å². The van der Waals surface area contributed by atoms with E-state index in [9.17, 15) is 9.59 Å². The number of carbonyl (C=O) groups excluding carboxylic acids is 2. The van der Waals surface area contributed by atoms with Crippen molar-refractivity contribution in [1.29, 1.82) is 0 Å². The van der Waals surface area contributed by atoms with Gasteiger partial charge in [-0.1, -0.05) is 64.3 Å². The highest BCUT2D eigenvalue weighted by Gasteiger charge is 2.14. The first-order chi connectivity index (χ1) is 11.1. The van der Waals surface area contributed by atoms with Gasteiger partial charge in [-0.15, -0.1) is 0 Å². The fourth-order valence-electron chi connectivity index (χ4n) is 2.42. The molecule has 0 bridgehead atoms. The largest absolute Gasteiger partial charge is 0.348 e. The highest BCUT2D eigenvalue weighted by atomic mass is 16.2. The van der Waals surface area contributed by atoms with Gasteiger partial charge in [-0.25, -0.2) is 0 Å². The fourth-order valence-corrected chi connectivity index (χ4v) is 2.42. The number of amides is 2. The molecule has 0 fully saturated rings. The van der Waals surface area contributed by atoms with Crippen molar-refractivity contribution in [2.24, 2.45) is 5.92 Å². The zero-order valence-corrected chi connectivity index (χ0v) is 14.7. The van der Waals surface area contributed by atoms with Gasteiger partial charge < -0.3 is 10.6 Å². The number of aryl methyl sites for hydroxylation is 1. The summed E-state index contributed by atoms with van der Waals surface area (Å²) in [7, 11) is 0. The molecule has 0 saturated carbocycles. The van der Waals surface area contributed by atoms with Crippen molar-refractivity contribution in [3.05, 3.63) is 35.4 Å². The molecule has 1 rings (SSSR count). The Bertz CT molecular complexity index is 483. The molecule has 1 aromatic rings. The molecule has 1 aromatic carbocycles. The maximum Gasteiger partial charge on any atom is 0.309 e. The molecule has 0 spiro atoms. The number of hydrogen-bond acceptors (Lipinski definition) is 2. The standard InChI is InChI=1S/C19H30N2O2/c1-4-7-8-16(6-3)13-20-18(22)19(23)21-14-17-11-9-15(5-2)10-12-17/h9-12,16H,4-8,13-14H2,1-3H3,(H,20,22)(H,21,23)/t16-/m1/s1. The van der Waals surface area contributed by atoms with Crippen LogP contribution in [-0.4, -0.2) is 18.4 Å². The minimum Gasteiger partial charge on any atom is -0.348 e. The topological polar surface area (TPSA) is 58.2 Å². The van der Waals surface area contributed by atoms with Crippen molar-refractivity contribution in [1.82, 2.24) is 10.6 Å². The Labute approximate surface area is 140 Å². The molecule has 4 heteroatoms. The third kappa shape index (κ3) is 7.31. The van der Waals surface area contributed by atoms with E-state index in [2.05, 4.69) is 31.4 Å². The zero-order valence-electron chi connectivity index (χ0n) is 14.7. The van der Waals surface area contributed by atoms with Gasteiger partial charge in [-0.05, 0) is 29.9 Å². The second-order valence-corrected chi connectivity index (χ2v) is 5.98. The van der Waals surface area contributed by atoms with Crippen LogP contribution in [0.5, 0.6) is 0 Å². The van der Waals surface area contributed by atoms with Gasteiger partial charge in [0.2, 0.25) is 0 Å². The Morgan fingerprint density at radius 3 is 2.13 bits per heavy atom. The lowest BCUT2D eigenvalue weighted by atomic mass is 9.99. The highest BCUT2D eigenvalue weighted by Crippen LogP contribution is 2.11. The van der Waals surface area contributed by atoms with E-state index in [1.54, 1.807) is 0 Å². The third-order valence-electron chi connectivity index (χ3n) is 4.19. The molecule has 2 amide bonds. The van der Waals surface area contributed by atoms with Crippen molar-refractivity contribution < 1.29 is 9.59 Å². The SMILES string of the molecule is CCCC[C@@H](CC)CNC(=O)C(=O)NCc1ccc(CC)cc1. The highest BCUT2D eigenvalue weighted by molar-refractivity contribution is 6.35. The molecule has 23 heavy (non-hydrogen) atoms. The first-order valence-corrected chi connectivity index (χ1v) is 8.74. The minimum atomic E-state index is -0.560. The molecule has 128 valence electrons. The van der Waals surface area contributed by atoms with Crippen molar-refractivity contribution in [3.63, 3.8) is 0 Å². The van der Waals surface area contributed by atoms with E-state index in [1.807, 2.05) is 24.3 Å². The Balaban J connectivity index is 2.33. The number of nitrogens with one attached hydrogen (secondary N) is 2. The Morgan fingerprint density at radius 2 is 1.57 bits per heavy atom. The maximum absolute atomic E-state index is 11.8. The van der Waals surface area contributed by atoms with Crippen LogP contribution in [0.2, 0.25) is 0 Å². The van der Waals surface area contributed by atoms with E-state index < -0.39 is 11.8 Å². The summed E-state index contributed by atoms with van der Waals surface area (Å²) < 4.78 is 0. The molecule has 0 saturated heterocycles. The average Bonchev–Trinajstić information content (AvgIpc) is 2.60. The van der Waals surface area contributed by atoms with Crippen LogP contribution in [-0.2, 0) is 22.6 Å². The van der Waals surface area contributed by atoms with E-state index in [0.717, 1.165) is 37.7 Å². The quantitative estimate of drug-likeness (QED) is 0.687. The third-order valence-corrected chi connectivity index (χ3v) is 4.19. The van der Waals surface area contributed by atoms with Crippen molar-refractivity contribution in [3.8, 4) is 0 Å². The number of carbonyl (C=O) groups is 2. The lowest BCUT2D eigenvalue weighted by Crippen LogP contribution is -2.41. The van der Waals surface area contributed by atoms with Crippen LogP contribution in [0.3, 0.4) is 0 Å². The molecule has 0 radical (unpaired) electrons. The maximum atomic E-state index is 11.8. The van der Waals surface area contributed by atoms with Gasteiger partial charge in [0.15, 0.2) is 0 Å². The van der Waals surface area contributed by atoms with Crippen LogP contribution in [0, 0.1) is 5.92 Å². The van der Waals surface area contributed by atoms with Crippen molar-refractivity contribution in [2.45, 2.75) is 59.4 Å². The molecule has 0 heterocycles. The van der Waals surface area contributed by atoms with Crippen molar-refractivity contribution >= 4 is 11.8 Å². The molecule has 0 aliphatic carbocycles. The summed E-state index contributed by atoms with van der Waals surface area (Å²) in [6.45, 7) is 7.33. The van der Waals surface area contributed by atoms with E-state index >= 15 is 0 Å². The zero-order chi connectivity index (χ0) is 17.1. The smallest absolute Gasteiger partial charge is 0.309 e. The summed E-state index contributed by atoms with van der Waals surface area (Å²) in [4.78, 5) is 23.7. The number of benzene rings is 1. The first-order valence-electron chi connectivity index (χ1n) is 8.74. The van der Waals surface area contributed by atoms with Crippen LogP contribution in [0.25, 0.3) is 0 Å². The van der Waals surface area contributed by atoms with E-state index in [1.165, 1.54) is 5.56 Å². The number of rotatable bonds is 9. The summed E-state index contributed by atoms with van der Waals surface area (Å²) in [5, 5.41) is 5.42. The van der Waals surface area contributed by atoms with Gasteiger partial charge in [-0.2, -0.15) is 0 Å². The monoisotopic (exact) mass is 318 g/mol. The van der Waals surface area contributed by atoms with Gasteiger partial charge in [0.1, 0.15) is 0 Å². The van der Waals surface area contributed by atoms with Crippen LogP contribution in [0.1, 0.15) is 57.6 Å². The normalized spacial score (nSPS) is 11.8. The molecule has 4 nitrogen and oxygen atoms in total. The van der Waals surface area contributed by atoms with Crippen LogP contribution in [0.4, 0.5) is 0 Å². The van der Waals surface area contributed by atoms with Crippen molar-refractivity contribution in [2.75, 3.05) is 6.54 Å². The van der Waals surface area contributed by atoms with Crippen LogP contribution < -0.4 is 10.6 Å². The molecule has 2 N–H and O–H groups in total. The summed E-state index contributed by atoms with van der Waals surface area (Å²) in [6, 6.07) is 8.05. The van der Waals surface area contributed by atoms with Gasteiger partial charge in [-0.3, -0.25) is 9.59 Å². The van der Waals surface area contributed by atoms with Gasteiger partial charge in [0.25, 0.3) is 0 Å². The van der Waals surface area contributed by atoms with Gasteiger partial charge in [0, 0.05) is 13.1 Å². The molecule has 0 aromatic heterocycles. The minimum absolute atomic E-state index is 0.378. The molecule has 0 aliphatic rings. The first kappa shape index (κ1) is 19.2. The number of unbranched alkanes of at least 4 members (excludes halogenated alkanes) is 1. The Hall–Kier alpha value is -1.84. The van der Waals surface area contributed by atoms with E-state index in [4.69, 9.17) is 0 Å². The Kier molecular flexibility index (Phi) is 9.03. The second kappa shape index (κ2) is 10.8. The molecule has 0 aliphatic heterocycles. The van der Waals surface area contributed by atoms with E-state index in [-0.39, 0.29) is 0 Å². The van der Waals surface area contributed by atoms with Gasteiger partial charge in [0.05, 0.1) is 0 Å². The Morgan fingerprint density at radius 1 is 0.957 bits per heavy atom. The lowest BCUT2D eigenvalue weighted by molar-refractivity contribution is -0.139. The van der Waals surface area contributed by atoms with Crippen LogP contribution in [0.15, 0.2) is 24.3 Å². The predicted octanol–water partition coefficient (Wildman–Crippen LogP) is 3.20. The second-order valence-electron chi connectivity index (χ2n) is 5.98. The summed E-state index contributed by atoms with van der Waals surface area (Å²) in [5.41, 5.74) is 2.26. The fraction of sp³-hybridized carbons (Fsp3) is 0.579. The average molecular weight is 318 g/mol. The summed E-state index contributed by atoms with van der Waals surface area (Å²) in [5.74, 6) is -0.645. The summed E-state index contributed by atoms with van der Waals surface area (Å²) >= 11 is 0. The lowest BCUT2D eigenvalue weighted by Gasteiger charge is -2.15.